The molecule has 0 aliphatic rings. The molecule has 6 nitrogen and oxygen atoms in total. The lowest BCUT2D eigenvalue weighted by Crippen LogP contribution is -2.08. The van der Waals surface area contributed by atoms with E-state index in [1.54, 1.807) is 6.92 Å². The molecule has 0 fully saturated rings. The molecule has 10 heavy (non-hydrogen) atoms. The van der Waals surface area contributed by atoms with E-state index in [-0.39, 0.29) is 6.42 Å². The van der Waals surface area contributed by atoms with Gasteiger partial charge in [0.15, 0.2) is 0 Å². The molecule has 0 unspecified atom stereocenters. The minimum atomic E-state index is -1.19. The van der Waals surface area contributed by atoms with Crippen LogP contribution in [0.3, 0.4) is 0 Å². The summed E-state index contributed by atoms with van der Waals surface area (Å²) < 4.78 is 0. The van der Waals surface area contributed by atoms with Crippen LogP contribution in [0.5, 0.6) is 0 Å². The van der Waals surface area contributed by atoms with Crippen molar-refractivity contribution >= 4 is 5.97 Å². The Kier molecular flexibility index (Phi) is 3.94. The van der Waals surface area contributed by atoms with Gasteiger partial charge in [-0.2, -0.15) is 0 Å². The van der Waals surface area contributed by atoms with Crippen LogP contribution in [-0.2, 0) is 14.7 Å². The Hall–Kier alpha value is -1.33. The van der Waals surface area contributed by atoms with Gasteiger partial charge in [0.2, 0.25) is 0 Å². The monoisotopic (exact) mass is 149 g/mol. The highest BCUT2D eigenvalue weighted by molar-refractivity contribution is 5.68. The first-order chi connectivity index (χ1) is 4.66. The molecule has 0 atom stereocenters. The van der Waals surface area contributed by atoms with Crippen LogP contribution in [0, 0.1) is 10.1 Å². The van der Waals surface area contributed by atoms with Gasteiger partial charge in [-0.25, -0.2) is 4.79 Å². The predicted molar refractivity (Wildman–Crippen MR) is 29.1 cm³/mol. The van der Waals surface area contributed by atoms with Crippen molar-refractivity contribution in [2.24, 2.45) is 0 Å². The summed E-state index contributed by atoms with van der Waals surface area (Å²) in [6.45, 7) is 1.74. The molecule has 0 aromatic carbocycles. The molecule has 0 aromatic rings. The lowest BCUT2D eigenvalue weighted by atomic mass is 10.3. The van der Waals surface area contributed by atoms with E-state index in [1.165, 1.54) is 0 Å². The van der Waals surface area contributed by atoms with E-state index >= 15 is 0 Å². The maximum Gasteiger partial charge on any atom is 0.343 e. The van der Waals surface area contributed by atoms with Crippen molar-refractivity contribution in [3.8, 4) is 0 Å². The third kappa shape index (κ3) is 4.82. The molecule has 0 radical (unpaired) electrons. The molecule has 0 amide bonds. The van der Waals surface area contributed by atoms with Gasteiger partial charge in [0.1, 0.15) is 0 Å². The van der Waals surface area contributed by atoms with Gasteiger partial charge in [-0.05, 0) is 6.42 Å². The standard InChI is InChI=1S/C4H7NO5/c1-2-3-4(6)9-10-5(7)8/h2-3H2,1H3. The minimum absolute atomic E-state index is 0.119. The van der Waals surface area contributed by atoms with Crippen molar-refractivity contribution in [3.05, 3.63) is 10.1 Å². The summed E-state index contributed by atoms with van der Waals surface area (Å²) >= 11 is 0. The second-order valence-corrected chi connectivity index (χ2v) is 1.50. The van der Waals surface area contributed by atoms with Crippen molar-refractivity contribution in [3.63, 3.8) is 0 Å². The molecule has 0 aliphatic heterocycles. The van der Waals surface area contributed by atoms with Crippen LogP contribution < -0.4 is 0 Å². The Morgan fingerprint density at radius 2 is 2.30 bits per heavy atom. The molecule has 0 bridgehead atoms. The highest BCUT2D eigenvalue weighted by atomic mass is 17.3. The van der Waals surface area contributed by atoms with E-state index in [1.807, 2.05) is 0 Å². The van der Waals surface area contributed by atoms with E-state index in [0.717, 1.165) is 0 Å². The summed E-state index contributed by atoms with van der Waals surface area (Å²) in [6.07, 6.45) is 0.688. The van der Waals surface area contributed by atoms with Crippen LogP contribution in [0.15, 0.2) is 0 Å². The summed E-state index contributed by atoms with van der Waals surface area (Å²) in [5.74, 6) is -0.737. The molecular weight excluding hydrogens is 142 g/mol. The first-order valence-corrected chi connectivity index (χ1v) is 2.68. The number of rotatable bonds is 4. The van der Waals surface area contributed by atoms with Gasteiger partial charge in [-0.1, -0.05) is 11.9 Å². The molecule has 0 aromatic heterocycles. The normalized spacial score (nSPS) is 8.50. The molecule has 0 saturated heterocycles. The zero-order valence-electron chi connectivity index (χ0n) is 5.40. The quantitative estimate of drug-likeness (QED) is 0.329. The molecule has 0 spiro atoms. The number of carbonyl (C=O) groups excluding carboxylic acids is 1. The van der Waals surface area contributed by atoms with Crippen LogP contribution in [-0.4, -0.2) is 11.1 Å². The molecule has 0 saturated carbocycles. The van der Waals surface area contributed by atoms with Crippen LogP contribution in [0.25, 0.3) is 0 Å². The van der Waals surface area contributed by atoms with Crippen molar-refractivity contribution in [1.82, 2.24) is 0 Å². The second-order valence-electron chi connectivity index (χ2n) is 1.50. The van der Waals surface area contributed by atoms with Gasteiger partial charge < -0.3 is 0 Å². The molecule has 0 rings (SSSR count). The molecule has 0 N–H and O–H groups in total. The van der Waals surface area contributed by atoms with Crippen LogP contribution in [0.2, 0.25) is 0 Å². The molecule has 6 heteroatoms. The van der Waals surface area contributed by atoms with Crippen molar-refractivity contribution in [1.29, 1.82) is 0 Å². The average Bonchev–Trinajstić information content (AvgIpc) is 1.85. The molecule has 0 heterocycles. The Morgan fingerprint density at radius 3 is 2.70 bits per heavy atom. The summed E-state index contributed by atoms with van der Waals surface area (Å²) in [7, 11) is 0. The van der Waals surface area contributed by atoms with Gasteiger partial charge in [0.25, 0.3) is 0 Å². The van der Waals surface area contributed by atoms with E-state index in [0.29, 0.717) is 6.42 Å². The largest absolute Gasteiger partial charge is 0.343 e. The first-order valence-electron chi connectivity index (χ1n) is 2.68. The Labute approximate surface area is 56.8 Å². The van der Waals surface area contributed by atoms with E-state index in [2.05, 4.69) is 9.88 Å². The average molecular weight is 149 g/mol. The van der Waals surface area contributed by atoms with Gasteiger partial charge in [0.05, 0.1) is 0 Å². The van der Waals surface area contributed by atoms with Crippen LogP contribution in [0.1, 0.15) is 19.8 Å². The topological polar surface area (TPSA) is 78.7 Å². The smallest absolute Gasteiger partial charge is 0.261 e. The number of nitrogens with zero attached hydrogens (tertiary/aromatic N) is 1. The fourth-order valence-electron chi connectivity index (χ4n) is 0.318. The Morgan fingerprint density at radius 1 is 1.70 bits per heavy atom. The van der Waals surface area contributed by atoms with Crippen molar-refractivity contribution in [2.45, 2.75) is 19.8 Å². The third-order valence-electron chi connectivity index (χ3n) is 0.645. The SMILES string of the molecule is CCCC(=O)OO[N+](=O)[O-]. The summed E-state index contributed by atoms with van der Waals surface area (Å²) in [4.78, 5) is 26.7. The molecule has 0 aliphatic carbocycles. The highest BCUT2D eigenvalue weighted by Crippen LogP contribution is 1.91. The van der Waals surface area contributed by atoms with Crippen LogP contribution >= 0.6 is 0 Å². The first kappa shape index (κ1) is 8.67. The molecule has 58 valence electrons. The maximum atomic E-state index is 10.3. The second kappa shape index (κ2) is 4.54. The summed E-state index contributed by atoms with van der Waals surface area (Å²) in [5, 5.41) is 8.23. The summed E-state index contributed by atoms with van der Waals surface area (Å²) in [5.41, 5.74) is 0. The highest BCUT2D eigenvalue weighted by Gasteiger charge is 2.03. The summed E-state index contributed by atoms with van der Waals surface area (Å²) in [6, 6.07) is 0. The van der Waals surface area contributed by atoms with Gasteiger partial charge >= 0.3 is 11.1 Å². The van der Waals surface area contributed by atoms with E-state index < -0.39 is 11.1 Å². The Balaban J connectivity index is 3.30. The van der Waals surface area contributed by atoms with E-state index in [4.69, 9.17) is 0 Å². The maximum absolute atomic E-state index is 10.3. The Bertz CT molecular complexity index is 134. The predicted octanol–water partition coefficient (Wildman–Crippen LogP) is 0.453. The van der Waals surface area contributed by atoms with Gasteiger partial charge in [-0.15, -0.1) is 10.1 Å². The van der Waals surface area contributed by atoms with Crippen LogP contribution in [0.4, 0.5) is 0 Å². The number of hydrogen-bond donors (Lipinski definition) is 0. The van der Waals surface area contributed by atoms with Gasteiger partial charge in [0, 0.05) is 6.42 Å². The van der Waals surface area contributed by atoms with Gasteiger partial charge in [-0.3, -0.25) is 4.89 Å². The fraction of sp³-hybridized carbons (Fsp3) is 0.750. The van der Waals surface area contributed by atoms with Crippen molar-refractivity contribution < 1.29 is 19.8 Å². The number of hydrogen-bond acceptors (Lipinski definition) is 5. The lowest BCUT2D eigenvalue weighted by molar-refractivity contribution is -0.839. The minimum Gasteiger partial charge on any atom is -0.261 e. The third-order valence-corrected chi connectivity index (χ3v) is 0.645. The number of carbonyl (C=O) groups is 1. The fourth-order valence-corrected chi connectivity index (χ4v) is 0.318. The lowest BCUT2D eigenvalue weighted by Gasteiger charge is -1.94. The zero-order chi connectivity index (χ0) is 7.98. The molecular formula is C4H7NO5. The van der Waals surface area contributed by atoms with E-state index in [9.17, 15) is 14.9 Å². The van der Waals surface area contributed by atoms with Crippen molar-refractivity contribution in [2.75, 3.05) is 0 Å². The zero-order valence-corrected chi connectivity index (χ0v) is 5.40.